The number of hydrogen-bond donors (Lipinski definition) is 0. The maximum atomic E-state index is 6.21. The molecule has 2 aromatic carbocycles. The lowest BCUT2D eigenvalue weighted by molar-refractivity contribution is 0.288. The van der Waals surface area contributed by atoms with Crippen molar-refractivity contribution >= 4 is 35.0 Å². The number of aromatic nitrogens is 3. The van der Waals surface area contributed by atoms with E-state index < -0.39 is 0 Å². The first-order valence-corrected chi connectivity index (χ1v) is 9.58. The molecule has 0 N–H and O–H groups in total. The predicted octanol–water partition coefficient (Wildman–Crippen LogP) is 5.48. The summed E-state index contributed by atoms with van der Waals surface area (Å²) in [6.07, 6.45) is 0. The second-order valence-corrected chi connectivity index (χ2v) is 7.00. The molecule has 0 aliphatic rings. The van der Waals surface area contributed by atoms with Gasteiger partial charge in [-0.3, -0.25) is 0 Å². The Balaban J connectivity index is 1.68. The molecule has 3 rings (SSSR count). The molecule has 1 aromatic heterocycles. The zero-order valence-electron chi connectivity index (χ0n) is 13.7. The minimum Gasteiger partial charge on any atom is -0.484 e. The first kappa shape index (κ1) is 18.1. The molecule has 0 spiro atoms. The summed E-state index contributed by atoms with van der Waals surface area (Å²) >= 11 is 13.9. The molecular weight excluding hydrogens is 377 g/mol. The fourth-order valence-corrected chi connectivity index (χ4v) is 3.81. The van der Waals surface area contributed by atoms with Crippen molar-refractivity contribution < 1.29 is 4.74 Å². The number of ether oxygens (including phenoxy) is 1. The minimum absolute atomic E-state index is 0.317. The number of para-hydroxylation sites is 1. The molecule has 1 heterocycles. The average Bonchev–Trinajstić information content (AvgIpc) is 3.02. The summed E-state index contributed by atoms with van der Waals surface area (Å²) in [5.41, 5.74) is 1.08. The van der Waals surface area contributed by atoms with Crippen LogP contribution < -0.4 is 4.74 Å². The summed E-state index contributed by atoms with van der Waals surface area (Å²) in [5.74, 6) is 2.15. The molecule has 130 valence electrons. The van der Waals surface area contributed by atoms with Crippen LogP contribution in [0.3, 0.4) is 0 Å². The highest BCUT2D eigenvalue weighted by Crippen LogP contribution is 2.27. The molecule has 0 aliphatic heterocycles. The van der Waals surface area contributed by atoms with Crippen LogP contribution in [0.15, 0.2) is 53.7 Å². The Morgan fingerprint density at radius 3 is 2.44 bits per heavy atom. The monoisotopic (exact) mass is 393 g/mol. The van der Waals surface area contributed by atoms with Gasteiger partial charge in [-0.15, -0.1) is 10.2 Å². The second kappa shape index (κ2) is 8.61. The number of benzene rings is 2. The van der Waals surface area contributed by atoms with Gasteiger partial charge >= 0.3 is 0 Å². The SMILES string of the molecule is CCn1c(COc2ccccc2Cl)nnc1SCc1ccccc1Cl. The van der Waals surface area contributed by atoms with Gasteiger partial charge in [0, 0.05) is 17.3 Å². The normalized spacial score (nSPS) is 10.8. The van der Waals surface area contributed by atoms with Crippen molar-refractivity contribution in [3.63, 3.8) is 0 Å². The van der Waals surface area contributed by atoms with Crippen LogP contribution in [0.2, 0.25) is 10.0 Å². The summed E-state index contributed by atoms with van der Waals surface area (Å²) in [4.78, 5) is 0. The smallest absolute Gasteiger partial charge is 0.191 e. The Kier molecular flexibility index (Phi) is 6.24. The van der Waals surface area contributed by atoms with E-state index in [0.29, 0.717) is 17.4 Å². The highest BCUT2D eigenvalue weighted by Gasteiger charge is 2.13. The third kappa shape index (κ3) is 4.48. The van der Waals surface area contributed by atoms with E-state index in [9.17, 15) is 0 Å². The van der Waals surface area contributed by atoms with E-state index in [0.717, 1.165) is 33.9 Å². The quantitative estimate of drug-likeness (QED) is 0.498. The molecular formula is C18H17Cl2N3OS. The van der Waals surface area contributed by atoms with Crippen molar-refractivity contribution in [2.75, 3.05) is 0 Å². The molecule has 3 aromatic rings. The molecule has 0 saturated heterocycles. The van der Waals surface area contributed by atoms with Gasteiger partial charge in [0.05, 0.1) is 5.02 Å². The van der Waals surface area contributed by atoms with Gasteiger partial charge in [-0.05, 0) is 30.7 Å². The summed E-state index contributed by atoms with van der Waals surface area (Å²) < 4.78 is 7.81. The van der Waals surface area contributed by atoms with Gasteiger partial charge in [0.2, 0.25) is 0 Å². The van der Waals surface area contributed by atoms with Crippen LogP contribution in [0, 0.1) is 0 Å². The molecule has 0 bridgehead atoms. The zero-order valence-corrected chi connectivity index (χ0v) is 16.0. The molecule has 0 radical (unpaired) electrons. The van der Waals surface area contributed by atoms with Gasteiger partial charge < -0.3 is 9.30 Å². The number of hydrogen-bond acceptors (Lipinski definition) is 4. The van der Waals surface area contributed by atoms with Crippen LogP contribution in [-0.2, 0) is 18.9 Å². The molecule has 4 nitrogen and oxygen atoms in total. The molecule has 0 saturated carbocycles. The molecule has 0 unspecified atom stereocenters. The fraction of sp³-hybridized carbons (Fsp3) is 0.222. The second-order valence-electron chi connectivity index (χ2n) is 5.24. The number of rotatable bonds is 7. The number of halogens is 2. The predicted molar refractivity (Wildman–Crippen MR) is 102 cm³/mol. The van der Waals surface area contributed by atoms with Crippen LogP contribution in [0.25, 0.3) is 0 Å². The average molecular weight is 394 g/mol. The number of nitrogens with zero attached hydrogens (tertiary/aromatic N) is 3. The van der Waals surface area contributed by atoms with E-state index in [1.54, 1.807) is 17.8 Å². The van der Waals surface area contributed by atoms with E-state index in [1.165, 1.54) is 0 Å². The van der Waals surface area contributed by atoms with Crippen molar-refractivity contribution in [1.29, 1.82) is 0 Å². The van der Waals surface area contributed by atoms with E-state index in [-0.39, 0.29) is 0 Å². The van der Waals surface area contributed by atoms with Crippen LogP contribution in [-0.4, -0.2) is 14.8 Å². The largest absolute Gasteiger partial charge is 0.484 e. The van der Waals surface area contributed by atoms with E-state index in [4.69, 9.17) is 27.9 Å². The van der Waals surface area contributed by atoms with E-state index >= 15 is 0 Å². The maximum Gasteiger partial charge on any atom is 0.191 e. The van der Waals surface area contributed by atoms with Crippen molar-refractivity contribution in [3.05, 3.63) is 70.0 Å². The molecule has 0 amide bonds. The van der Waals surface area contributed by atoms with Crippen LogP contribution in [0.1, 0.15) is 18.3 Å². The van der Waals surface area contributed by atoms with Crippen LogP contribution >= 0.6 is 35.0 Å². The van der Waals surface area contributed by atoms with Gasteiger partial charge in [0.25, 0.3) is 0 Å². The summed E-state index contributed by atoms with van der Waals surface area (Å²) in [6, 6.07) is 15.2. The van der Waals surface area contributed by atoms with Gasteiger partial charge in [0.15, 0.2) is 11.0 Å². The Labute approximate surface area is 161 Å². The summed E-state index contributed by atoms with van der Waals surface area (Å²) in [7, 11) is 0. The maximum absolute atomic E-state index is 6.21. The van der Waals surface area contributed by atoms with E-state index in [1.807, 2.05) is 47.0 Å². The summed E-state index contributed by atoms with van der Waals surface area (Å²) in [6.45, 7) is 3.14. The van der Waals surface area contributed by atoms with Gasteiger partial charge in [0.1, 0.15) is 12.4 Å². The van der Waals surface area contributed by atoms with Crippen molar-refractivity contribution in [1.82, 2.24) is 14.8 Å². The molecule has 7 heteroatoms. The first-order valence-electron chi connectivity index (χ1n) is 7.84. The zero-order chi connectivity index (χ0) is 17.6. The minimum atomic E-state index is 0.317. The van der Waals surface area contributed by atoms with Crippen LogP contribution in [0.4, 0.5) is 0 Å². The van der Waals surface area contributed by atoms with Crippen molar-refractivity contribution in [2.45, 2.75) is 31.0 Å². The molecule has 25 heavy (non-hydrogen) atoms. The molecule has 0 aliphatic carbocycles. The third-order valence-electron chi connectivity index (χ3n) is 3.62. The Morgan fingerprint density at radius 1 is 1.00 bits per heavy atom. The Bertz CT molecular complexity index is 787. The number of thioether (sulfide) groups is 1. The standard InChI is InChI=1S/C18H17Cl2N3OS/c1-2-23-17(11-24-16-10-6-5-9-15(16)20)21-22-18(23)25-12-13-7-3-4-8-14(13)19/h3-10H,2,11-12H2,1H3. The van der Waals surface area contributed by atoms with E-state index in [2.05, 4.69) is 17.1 Å². The van der Waals surface area contributed by atoms with Gasteiger partial charge in [-0.2, -0.15) is 0 Å². The highest BCUT2D eigenvalue weighted by molar-refractivity contribution is 7.98. The topological polar surface area (TPSA) is 39.9 Å². The van der Waals surface area contributed by atoms with Crippen molar-refractivity contribution in [2.24, 2.45) is 0 Å². The molecule has 0 atom stereocenters. The van der Waals surface area contributed by atoms with Crippen LogP contribution in [0.5, 0.6) is 5.75 Å². The molecule has 0 fully saturated rings. The first-order chi connectivity index (χ1) is 12.2. The fourth-order valence-electron chi connectivity index (χ4n) is 2.31. The lowest BCUT2D eigenvalue weighted by Crippen LogP contribution is -2.07. The summed E-state index contributed by atoms with van der Waals surface area (Å²) in [5, 5.41) is 10.7. The third-order valence-corrected chi connectivity index (χ3v) is 5.31. The van der Waals surface area contributed by atoms with Crippen molar-refractivity contribution in [3.8, 4) is 5.75 Å². The Morgan fingerprint density at radius 2 is 1.72 bits per heavy atom. The van der Waals surface area contributed by atoms with Gasteiger partial charge in [-0.1, -0.05) is 65.3 Å². The van der Waals surface area contributed by atoms with Gasteiger partial charge in [-0.25, -0.2) is 0 Å². The lowest BCUT2D eigenvalue weighted by atomic mass is 10.2. The lowest BCUT2D eigenvalue weighted by Gasteiger charge is -2.10. The highest BCUT2D eigenvalue weighted by atomic mass is 35.5. The Hall–Kier alpha value is -1.69.